The van der Waals surface area contributed by atoms with Gasteiger partial charge < -0.3 is 4.74 Å². The molecular formula is C20H20INO. The summed E-state index contributed by atoms with van der Waals surface area (Å²) in [6.45, 7) is 0. The summed E-state index contributed by atoms with van der Waals surface area (Å²) in [6, 6.07) is 15.5. The molecule has 0 bridgehead atoms. The summed E-state index contributed by atoms with van der Waals surface area (Å²) in [5.74, 6) is 1.70. The van der Waals surface area contributed by atoms with E-state index in [0.29, 0.717) is 6.04 Å². The first-order valence-electron chi connectivity index (χ1n) is 8.25. The number of aliphatic imine (C=N–C) groups is 1. The van der Waals surface area contributed by atoms with Crippen LogP contribution < -0.4 is 4.74 Å². The van der Waals surface area contributed by atoms with Crippen molar-refractivity contribution in [2.45, 2.75) is 31.7 Å². The average Bonchev–Trinajstić information content (AvgIpc) is 2.52. The Kier molecular flexibility index (Phi) is 4.14. The van der Waals surface area contributed by atoms with Gasteiger partial charge in [0.2, 0.25) is 0 Å². The molecule has 1 atom stereocenters. The molecule has 1 aliphatic carbocycles. The topological polar surface area (TPSA) is 21.6 Å². The predicted octanol–water partition coefficient (Wildman–Crippen LogP) is 4.86. The van der Waals surface area contributed by atoms with Gasteiger partial charge in [0.15, 0.2) is 0 Å². The van der Waals surface area contributed by atoms with Crippen molar-refractivity contribution in [3.8, 4) is 5.75 Å². The zero-order valence-corrected chi connectivity index (χ0v) is 15.4. The number of methoxy groups -OCH3 is 1. The molecule has 1 fully saturated rings. The van der Waals surface area contributed by atoms with Crippen LogP contribution in [0.5, 0.6) is 5.75 Å². The third-order valence-corrected chi connectivity index (χ3v) is 5.82. The second-order valence-corrected chi connectivity index (χ2v) is 7.72. The van der Waals surface area contributed by atoms with Crippen molar-refractivity contribution in [2.75, 3.05) is 7.11 Å². The standard InChI is InChI=1S/C20H20INO/c1-23-17-9-10-18-15(11-17)12-19(13-3-2-4-13)22-20(18)14-5-7-16(21)8-6-14/h5-11,13,19H,2-4,12H2,1H3/t19-/m1/s1. The summed E-state index contributed by atoms with van der Waals surface area (Å²) < 4.78 is 6.69. The molecule has 2 aliphatic rings. The van der Waals surface area contributed by atoms with Gasteiger partial charge in [0.25, 0.3) is 0 Å². The molecule has 3 heteroatoms. The Bertz CT molecular complexity index is 747. The number of hydrogen-bond donors (Lipinski definition) is 0. The van der Waals surface area contributed by atoms with E-state index in [-0.39, 0.29) is 0 Å². The lowest BCUT2D eigenvalue weighted by Crippen LogP contribution is -2.32. The van der Waals surface area contributed by atoms with Gasteiger partial charge in [0, 0.05) is 14.7 Å². The number of ether oxygens (including phenoxy) is 1. The van der Waals surface area contributed by atoms with Crippen molar-refractivity contribution in [1.29, 1.82) is 0 Å². The Labute approximate surface area is 151 Å². The van der Waals surface area contributed by atoms with Gasteiger partial charge >= 0.3 is 0 Å². The second-order valence-electron chi connectivity index (χ2n) is 6.47. The lowest BCUT2D eigenvalue weighted by atomic mass is 9.75. The molecule has 2 aromatic rings. The number of halogens is 1. The third kappa shape index (κ3) is 2.91. The van der Waals surface area contributed by atoms with E-state index in [9.17, 15) is 0 Å². The lowest BCUT2D eigenvalue weighted by Gasteiger charge is -2.35. The maximum absolute atomic E-state index is 5.43. The minimum Gasteiger partial charge on any atom is -0.497 e. The van der Waals surface area contributed by atoms with Crippen LogP contribution in [0.4, 0.5) is 0 Å². The molecule has 0 saturated heterocycles. The molecule has 118 valence electrons. The lowest BCUT2D eigenvalue weighted by molar-refractivity contribution is 0.260. The maximum atomic E-state index is 5.43. The Morgan fingerprint density at radius 3 is 2.52 bits per heavy atom. The molecule has 1 saturated carbocycles. The fourth-order valence-corrected chi connectivity index (χ4v) is 3.90. The Morgan fingerprint density at radius 2 is 1.87 bits per heavy atom. The zero-order valence-electron chi connectivity index (χ0n) is 13.3. The van der Waals surface area contributed by atoms with Crippen LogP contribution in [-0.2, 0) is 6.42 Å². The highest BCUT2D eigenvalue weighted by atomic mass is 127. The van der Waals surface area contributed by atoms with Crippen molar-refractivity contribution in [2.24, 2.45) is 10.9 Å². The number of nitrogens with zero attached hydrogens (tertiary/aromatic N) is 1. The largest absolute Gasteiger partial charge is 0.497 e. The van der Waals surface area contributed by atoms with Crippen LogP contribution in [-0.4, -0.2) is 18.9 Å². The second kappa shape index (κ2) is 6.27. The van der Waals surface area contributed by atoms with Gasteiger partial charge in [0.1, 0.15) is 5.75 Å². The van der Waals surface area contributed by atoms with E-state index in [1.807, 2.05) is 6.07 Å². The fourth-order valence-electron chi connectivity index (χ4n) is 3.54. The van der Waals surface area contributed by atoms with Gasteiger partial charge in [-0.05, 0) is 83.7 Å². The highest BCUT2D eigenvalue weighted by Gasteiger charge is 2.31. The Hall–Kier alpha value is -1.36. The third-order valence-electron chi connectivity index (χ3n) is 5.10. The summed E-state index contributed by atoms with van der Waals surface area (Å²) in [6.07, 6.45) is 5.06. The molecular weight excluding hydrogens is 397 g/mol. The minimum absolute atomic E-state index is 0.428. The molecule has 0 spiro atoms. The minimum atomic E-state index is 0.428. The summed E-state index contributed by atoms with van der Waals surface area (Å²) in [5.41, 5.74) is 5.02. The molecule has 0 amide bonds. The van der Waals surface area contributed by atoms with Gasteiger partial charge in [-0.2, -0.15) is 0 Å². The van der Waals surface area contributed by atoms with Crippen molar-refractivity contribution < 1.29 is 4.74 Å². The van der Waals surface area contributed by atoms with Crippen LogP contribution in [0.15, 0.2) is 47.5 Å². The quantitative estimate of drug-likeness (QED) is 0.654. The Balaban J connectivity index is 1.79. The maximum Gasteiger partial charge on any atom is 0.119 e. The normalized spacial score (nSPS) is 20.4. The number of fused-ring (bicyclic) bond motifs is 1. The molecule has 4 rings (SSSR count). The van der Waals surface area contributed by atoms with Crippen LogP contribution in [0.25, 0.3) is 0 Å². The van der Waals surface area contributed by atoms with E-state index < -0.39 is 0 Å². The number of rotatable bonds is 3. The molecule has 1 heterocycles. The predicted molar refractivity (Wildman–Crippen MR) is 103 cm³/mol. The van der Waals surface area contributed by atoms with Gasteiger partial charge in [-0.15, -0.1) is 0 Å². The zero-order chi connectivity index (χ0) is 15.8. The molecule has 0 radical (unpaired) electrons. The number of benzene rings is 2. The van der Waals surface area contributed by atoms with Crippen LogP contribution in [0.3, 0.4) is 0 Å². The van der Waals surface area contributed by atoms with Crippen molar-refractivity contribution in [1.82, 2.24) is 0 Å². The van der Waals surface area contributed by atoms with Gasteiger partial charge in [-0.25, -0.2) is 0 Å². The van der Waals surface area contributed by atoms with Crippen LogP contribution in [0.2, 0.25) is 0 Å². The first-order valence-corrected chi connectivity index (χ1v) is 9.33. The highest BCUT2D eigenvalue weighted by Crippen LogP contribution is 2.37. The van der Waals surface area contributed by atoms with E-state index in [1.165, 1.54) is 39.5 Å². The van der Waals surface area contributed by atoms with Gasteiger partial charge in [-0.3, -0.25) is 4.99 Å². The van der Waals surface area contributed by atoms with E-state index in [1.54, 1.807) is 7.11 Å². The number of hydrogen-bond acceptors (Lipinski definition) is 2. The molecule has 0 aromatic heterocycles. The van der Waals surface area contributed by atoms with E-state index in [0.717, 1.165) is 23.8 Å². The van der Waals surface area contributed by atoms with Crippen molar-refractivity contribution in [3.63, 3.8) is 0 Å². The van der Waals surface area contributed by atoms with Crippen LogP contribution in [0, 0.1) is 9.49 Å². The van der Waals surface area contributed by atoms with Crippen molar-refractivity contribution in [3.05, 3.63) is 62.7 Å². The first-order chi connectivity index (χ1) is 11.2. The summed E-state index contributed by atoms with van der Waals surface area (Å²) in [7, 11) is 1.74. The summed E-state index contributed by atoms with van der Waals surface area (Å²) in [4.78, 5) is 5.17. The Morgan fingerprint density at radius 1 is 1.09 bits per heavy atom. The van der Waals surface area contributed by atoms with Gasteiger partial charge in [0.05, 0.1) is 18.9 Å². The summed E-state index contributed by atoms with van der Waals surface area (Å²) >= 11 is 2.35. The highest BCUT2D eigenvalue weighted by molar-refractivity contribution is 14.1. The van der Waals surface area contributed by atoms with E-state index in [4.69, 9.17) is 9.73 Å². The van der Waals surface area contributed by atoms with Crippen molar-refractivity contribution >= 4 is 28.3 Å². The van der Waals surface area contributed by atoms with Crippen LogP contribution >= 0.6 is 22.6 Å². The molecule has 2 nitrogen and oxygen atoms in total. The monoisotopic (exact) mass is 417 g/mol. The SMILES string of the molecule is COc1ccc2c(c1)C[C@H](C1CCC1)N=C2c1ccc(I)cc1. The molecule has 23 heavy (non-hydrogen) atoms. The van der Waals surface area contributed by atoms with Gasteiger partial charge in [-0.1, -0.05) is 18.6 Å². The molecule has 1 aliphatic heterocycles. The average molecular weight is 417 g/mol. The fraction of sp³-hybridized carbons (Fsp3) is 0.350. The molecule has 0 unspecified atom stereocenters. The smallest absolute Gasteiger partial charge is 0.119 e. The molecule has 2 aromatic carbocycles. The molecule has 0 N–H and O–H groups in total. The van der Waals surface area contributed by atoms with E-state index in [2.05, 4.69) is 59.0 Å². The van der Waals surface area contributed by atoms with E-state index >= 15 is 0 Å². The summed E-state index contributed by atoms with van der Waals surface area (Å²) in [5, 5.41) is 0. The van der Waals surface area contributed by atoms with Crippen LogP contribution in [0.1, 0.15) is 36.0 Å². The first kappa shape index (κ1) is 15.2.